The van der Waals surface area contributed by atoms with Crippen LogP contribution in [0.15, 0.2) is 34.0 Å². The number of H-pyrrole nitrogens is 1. The molecule has 2 aromatic rings. The lowest BCUT2D eigenvalue weighted by molar-refractivity contribution is 0.112. The third-order valence-electron chi connectivity index (χ3n) is 2.21. The summed E-state index contributed by atoms with van der Waals surface area (Å²) in [5.41, 5.74) is 0.590. The van der Waals surface area contributed by atoms with E-state index < -0.39 is 0 Å². The highest BCUT2D eigenvalue weighted by atomic mass is 32.2. The maximum absolute atomic E-state index is 11.4. The number of hydrogen-bond acceptors (Lipinski definition) is 3. The van der Waals surface area contributed by atoms with Gasteiger partial charge >= 0.3 is 0 Å². The van der Waals surface area contributed by atoms with Crippen molar-refractivity contribution in [2.75, 3.05) is 6.26 Å². The van der Waals surface area contributed by atoms with E-state index in [2.05, 4.69) is 4.98 Å². The van der Waals surface area contributed by atoms with Gasteiger partial charge < -0.3 is 4.98 Å². The number of nitrogens with one attached hydrogen (secondary N) is 1. The van der Waals surface area contributed by atoms with Crippen molar-refractivity contribution >= 4 is 29.0 Å². The number of carbonyl (C=O) groups is 1. The summed E-state index contributed by atoms with van der Waals surface area (Å²) in [6, 6.07) is 7.35. The van der Waals surface area contributed by atoms with Crippen LogP contribution in [0.3, 0.4) is 0 Å². The summed E-state index contributed by atoms with van der Waals surface area (Å²) in [4.78, 5) is 25.7. The number of hydrogen-bond donors (Lipinski definition) is 1. The number of aromatic amines is 1. The highest BCUT2D eigenvalue weighted by Crippen LogP contribution is 2.19. The zero-order valence-electron chi connectivity index (χ0n) is 8.11. The third kappa shape index (κ3) is 1.80. The Labute approximate surface area is 90.5 Å². The smallest absolute Gasteiger partial charge is 0.259 e. The van der Waals surface area contributed by atoms with Crippen molar-refractivity contribution in [3.8, 4) is 0 Å². The first-order chi connectivity index (χ1) is 7.24. The SMILES string of the molecule is CSc1ccc2cc(C=O)c(=O)[nH]c2c1. The highest BCUT2D eigenvalue weighted by molar-refractivity contribution is 7.98. The second-order valence-corrected chi connectivity index (χ2v) is 4.00. The Morgan fingerprint density at radius 2 is 2.13 bits per heavy atom. The number of thioether (sulfide) groups is 1. The summed E-state index contributed by atoms with van der Waals surface area (Å²) in [7, 11) is 0. The summed E-state index contributed by atoms with van der Waals surface area (Å²) in [5.74, 6) is 0. The van der Waals surface area contributed by atoms with E-state index in [0.29, 0.717) is 6.29 Å². The maximum atomic E-state index is 11.4. The van der Waals surface area contributed by atoms with Crippen LogP contribution in [0, 0.1) is 0 Å². The molecule has 0 radical (unpaired) electrons. The predicted molar refractivity (Wildman–Crippen MR) is 61.7 cm³/mol. The van der Waals surface area contributed by atoms with Gasteiger partial charge in [-0.3, -0.25) is 9.59 Å². The molecular weight excluding hydrogens is 210 g/mol. The van der Waals surface area contributed by atoms with E-state index in [1.807, 2.05) is 24.5 Å². The fourth-order valence-electron chi connectivity index (χ4n) is 1.41. The Balaban J connectivity index is 2.75. The average molecular weight is 219 g/mol. The standard InChI is InChI=1S/C11H9NO2S/c1-15-9-3-2-7-4-8(6-13)11(14)12-10(7)5-9/h2-6H,1H3,(H,12,14). The molecule has 3 nitrogen and oxygen atoms in total. The lowest BCUT2D eigenvalue weighted by atomic mass is 10.2. The molecule has 0 saturated carbocycles. The van der Waals surface area contributed by atoms with Crippen molar-refractivity contribution < 1.29 is 4.79 Å². The molecule has 15 heavy (non-hydrogen) atoms. The van der Waals surface area contributed by atoms with Crippen LogP contribution in [0.25, 0.3) is 10.9 Å². The van der Waals surface area contributed by atoms with Crippen LogP contribution in [-0.2, 0) is 0 Å². The summed E-state index contributed by atoms with van der Waals surface area (Å²) < 4.78 is 0. The molecule has 0 spiro atoms. The first kappa shape index (κ1) is 9.98. The van der Waals surface area contributed by atoms with Gasteiger partial charge in [0.2, 0.25) is 0 Å². The zero-order chi connectivity index (χ0) is 10.8. The highest BCUT2D eigenvalue weighted by Gasteiger charge is 2.01. The van der Waals surface area contributed by atoms with Crippen LogP contribution in [0.1, 0.15) is 10.4 Å². The van der Waals surface area contributed by atoms with Gasteiger partial charge in [0.1, 0.15) is 0 Å². The van der Waals surface area contributed by atoms with Gasteiger partial charge in [-0.25, -0.2) is 0 Å². The van der Waals surface area contributed by atoms with E-state index >= 15 is 0 Å². The van der Waals surface area contributed by atoms with E-state index in [1.165, 1.54) is 0 Å². The first-order valence-electron chi connectivity index (χ1n) is 4.41. The molecule has 0 amide bonds. The van der Waals surface area contributed by atoms with Crippen LogP contribution >= 0.6 is 11.8 Å². The van der Waals surface area contributed by atoms with Gasteiger partial charge in [-0.15, -0.1) is 11.8 Å². The van der Waals surface area contributed by atoms with Crippen molar-refractivity contribution in [3.05, 3.63) is 40.2 Å². The summed E-state index contributed by atoms with van der Waals surface area (Å²) in [6.07, 6.45) is 2.54. The molecular formula is C11H9NO2S. The molecule has 4 heteroatoms. The van der Waals surface area contributed by atoms with Crippen LogP contribution in [0.5, 0.6) is 0 Å². The number of fused-ring (bicyclic) bond motifs is 1. The molecule has 1 aromatic heterocycles. The number of aldehydes is 1. The fourth-order valence-corrected chi connectivity index (χ4v) is 1.85. The molecule has 0 bridgehead atoms. The van der Waals surface area contributed by atoms with Crippen LogP contribution < -0.4 is 5.56 Å². The van der Waals surface area contributed by atoms with Crippen molar-refractivity contribution in [2.45, 2.75) is 4.90 Å². The number of pyridine rings is 1. The van der Waals surface area contributed by atoms with Crippen LogP contribution in [0.2, 0.25) is 0 Å². The molecule has 2 rings (SSSR count). The Hall–Kier alpha value is -1.55. The molecule has 1 aromatic carbocycles. The molecule has 0 saturated heterocycles. The molecule has 0 unspecified atom stereocenters. The summed E-state index contributed by atoms with van der Waals surface area (Å²) in [6.45, 7) is 0. The molecule has 0 aliphatic rings. The van der Waals surface area contributed by atoms with Gasteiger partial charge in [-0.2, -0.15) is 0 Å². The van der Waals surface area contributed by atoms with Crippen molar-refractivity contribution in [1.82, 2.24) is 4.98 Å². The third-order valence-corrected chi connectivity index (χ3v) is 2.93. The number of rotatable bonds is 2. The normalized spacial score (nSPS) is 10.5. The fraction of sp³-hybridized carbons (Fsp3) is 0.0909. The predicted octanol–water partition coefficient (Wildman–Crippen LogP) is 2.06. The van der Waals surface area contributed by atoms with Gasteiger partial charge in [0, 0.05) is 10.4 Å². The molecule has 1 heterocycles. The van der Waals surface area contributed by atoms with E-state index in [0.717, 1.165) is 15.8 Å². The van der Waals surface area contributed by atoms with Crippen LogP contribution in [-0.4, -0.2) is 17.5 Å². The van der Waals surface area contributed by atoms with E-state index in [9.17, 15) is 9.59 Å². The van der Waals surface area contributed by atoms with Crippen molar-refractivity contribution in [1.29, 1.82) is 0 Å². The molecule has 1 N–H and O–H groups in total. The van der Waals surface area contributed by atoms with Gasteiger partial charge in [0.05, 0.1) is 5.56 Å². The van der Waals surface area contributed by atoms with E-state index in [-0.39, 0.29) is 11.1 Å². The van der Waals surface area contributed by atoms with Crippen molar-refractivity contribution in [3.63, 3.8) is 0 Å². The van der Waals surface area contributed by atoms with E-state index in [1.54, 1.807) is 17.8 Å². The van der Waals surface area contributed by atoms with Gasteiger partial charge in [0.15, 0.2) is 6.29 Å². The van der Waals surface area contributed by atoms with Gasteiger partial charge in [0.25, 0.3) is 5.56 Å². The zero-order valence-corrected chi connectivity index (χ0v) is 8.93. The van der Waals surface area contributed by atoms with E-state index in [4.69, 9.17) is 0 Å². The average Bonchev–Trinajstić information content (AvgIpc) is 2.27. The summed E-state index contributed by atoms with van der Waals surface area (Å²) >= 11 is 1.61. The Bertz CT molecular complexity index is 574. The number of carbonyl (C=O) groups excluding carboxylic acids is 1. The first-order valence-corrected chi connectivity index (χ1v) is 5.63. The quantitative estimate of drug-likeness (QED) is 0.621. The lowest BCUT2D eigenvalue weighted by Crippen LogP contribution is -2.11. The molecule has 0 atom stereocenters. The monoisotopic (exact) mass is 219 g/mol. The topological polar surface area (TPSA) is 49.9 Å². The molecule has 0 aliphatic heterocycles. The van der Waals surface area contributed by atoms with Crippen molar-refractivity contribution in [2.24, 2.45) is 0 Å². The number of aromatic nitrogens is 1. The van der Waals surface area contributed by atoms with Gasteiger partial charge in [-0.1, -0.05) is 6.07 Å². The minimum absolute atomic E-state index is 0.166. The Kier molecular flexibility index (Phi) is 2.60. The molecule has 0 aliphatic carbocycles. The summed E-state index contributed by atoms with van der Waals surface area (Å²) in [5, 5.41) is 0.870. The molecule has 76 valence electrons. The largest absolute Gasteiger partial charge is 0.321 e. The minimum atomic E-state index is -0.337. The number of benzene rings is 1. The second kappa shape index (κ2) is 3.90. The minimum Gasteiger partial charge on any atom is -0.321 e. The lowest BCUT2D eigenvalue weighted by Gasteiger charge is -2.01. The van der Waals surface area contributed by atoms with Gasteiger partial charge in [-0.05, 0) is 29.8 Å². The van der Waals surface area contributed by atoms with Crippen LogP contribution in [0.4, 0.5) is 0 Å². The Morgan fingerprint density at radius 3 is 2.80 bits per heavy atom. The molecule has 0 fully saturated rings. The maximum Gasteiger partial charge on any atom is 0.259 e. The Morgan fingerprint density at radius 1 is 1.33 bits per heavy atom. The second-order valence-electron chi connectivity index (χ2n) is 3.12.